The lowest BCUT2D eigenvalue weighted by Crippen LogP contribution is -2.36. The molecule has 0 aromatic heterocycles. The van der Waals surface area contributed by atoms with Crippen LogP contribution in [0.15, 0.2) is 104 Å². The molecule has 0 amide bonds. The van der Waals surface area contributed by atoms with E-state index in [1.807, 2.05) is 6.08 Å². The van der Waals surface area contributed by atoms with Gasteiger partial charge in [-0.25, -0.2) is 0 Å². The summed E-state index contributed by atoms with van der Waals surface area (Å²) in [5, 5.41) is 0. The molecule has 1 unspecified atom stereocenters. The van der Waals surface area contributed by atoms with Crippen molar-refractivity contribution in [1.29, 1.82) is 0 Å². The lowest BCUT2D eigenvalue weighted by atomic mass is 9.79. The Labute approximate surface area is 187 Å². The Kier molecular flexibility index (Phi) is 7.38. The molecule has 1 fully saturated rings. The van der Waals surface area contributed by atoms with E-state index in [2.05, 4.69) is 97.6 Å². The van der Waals surface area contributed by atoms with Crippen molar-refractivity contribution < 1.29 is 4.74 Å². The molecule has 1 nitrogen and oxygen atoms in total. The third-order valence-electron chi connectivity index (χ3n) is 6.72. The highest BCUT2D eigenvalue weighted by molar-refractivity contribution is 5.47. The fourth-order valence-electron chi connectivity index (χ4n) is 5.05. The lowest BCUT2D eigenvalue weighted by molar-refractivity contribution is -0.0303. The normalized spacial score (nSPS) is 16.0. The third-order valence-corrected chi connectivity index (χ3v) is 6.72. The first-order chi connectivity index (χ1) is 15.3. The summed E-state index contributed by atoms with van der Waals surface area (Å²) in [5.74, 6) is 0.833. The largest absolute Gasteiger partial charge is 0.354 e. The number of benzene rings is 3. The molecular formula is C30H34O. The van der Waals surface area contributed by atoms with Gasteiger partial charge < -0.3 is 4.74 Å². The van der Waals surface area contributed by atoms with Gasteiger partial charge in [0.2, 0.25) is 0 Å². The predicted octanol–water partition coefficient (Wildman–Crippen LogP) is 7.91. The van der Waals surface area contributed by atoms with E-state index in [4.69, 9.17) is 4.74 Å². The van der Waals surface area contributed by atoms with Crippen LogP contribution in [-0.4, -0.2) is 6.10 Å². The van der Waals surface area contributed by atoms with E-state index in [1.54, 1.807) is 0 Å². The van der Waals surface area contributed by atoms with Gasteiger partial charge in [0.1, 0.15) is 5.60 Å². The number of hydrogen-bond donors (Lipinski definition) is 0. The van der Waals surface area contributed by atoms with E-state index in [9.17, 15) is 0 Å². The van der Waals surface area contributed by atoms with Crippen LogP contribution in [0.1, 0.15) is 61.6 Å². The molecule has 0 heterocycles. The molecule has 31 heavy (non-hydrogen) atoms. The van der Waals surface area contributed by atoms with Gasteiger partial charge in [0.15, 0.2) is 0 Å². The Balaban J connectivity index is 1.73. The minimum absolute atomic E-state index is 0.0115. The Hall–Kier alpha value is -2.64. The molecule has 0 radical (unpaired) electrons. The minimum Gasteiger partial charge on any atom is -0.354 e. The summed E-state index contributed by atoms with van der Waals surface area (Å²) >= 11 is 0. The zero-order valence-electron chi connectivity index (χ0n) is 18.5. The second-order valence-electron chi connectivity index (χ2n) is 8.75. The molecule has 0 aliphatic heterocycles. The highest BCUT2D eigenvalue weighted by atomic mass is 16.5. The highest BCUT2D eigenvalue weighted by Gasteiger charge is 2.39. The van der Waals surface area contributed by atoms with Crippen LogP contribution in [0.4, 0.5) is 0 Å². The molecular weight excluding hydrogens is 376 g/mol. The molecule has 160 valence electrons. The maximum atomic E-state index is 7.12. The Morgan fingerprint density at radius 1 is 0.742 bits per heavy atom. The molecule has 0 spiro atoms. The van der Waals surface area contributed by atoms with Gasteiger partial charge in [-0.15, -0.1) is 6.58 Å². The smallest absolute Gasteiger partial charge is 0.144 e. The van der Waals surface area contributed by atoms with E-state index < -0.39 is 5.60 Å². The van der Waals surface area contributed by atoms with Crippen LogP contribution in [0.5, 0.6) is 0 Å². The summed E-state index contributed by atoms with van der Waals surface area (Å²) in [7, 11) is 0. The van der Waals surface area contributed by atoms with Gasteiger partial charge in [-0.05, 0) is 35.4 Å². The van der Waals surface area contributed by atoms with Crippen LogP contribution in [0.2, 0.25) is 0 Å². The van der Waals surface area contributed by atoms with Gasteiger partial charge in [-0.2, -0.15) is 0 Å². The summed E-state index contributed by atoms with van der Waals surface area (Å²) in [4.78, 5) is 0. The average Bonchev–Trinajstić information content (AvgIpc) is 2.87. The molecule has 3 aromatic rings. The fourth-order valence-corrected chi connectivity index (χ4v) is 5.05. The van der Waals surface area contributed by atoms with Crippen molar-refractivity contribution in [1.82, 2.24) is 0 Å². The summed E-state index contributed by atoms with van der Waals surface area (Å²) in [6, 6.07) is 31.9. The summed E-state index contributed by atoms with van der Waals surface area (Å²) in [5.41, 5.74) is 2.78. The zero-order chi connectivity index (χ0) is 21.4. The second kappa shape index (κ2) is 10.6. The molecule has 1 atom stereocenters. The summed E-state index contributed by atoms with van der Waals surface area (Å²) in [6.45, 7) is 4.16. The zero-order valence-corrected chi connectivity index (χ0v) is 18.5. The number of hydrogen-bond acceptors (Lipinski definition) is 1. The van der Waals surface area contributed by atoms with Crippen LogP contribution in [0, 0.1) is 5.92 Å². The van der Waals surface area contributed by atoms with E-state index in [1.165, 1.54) is 38.5 Å². The summed E-state index contributed by atoms with van der Waals surface area (Å²) in [6.07, 6.45) is 11.1. The van der Waals surface area contributed by atoms with Crippen molar-refractivity contribution in [3.63, 3.8) is 0 Å². The van der Waals surface area contributed by atoms with E-state index in [-0.39, 0.29) is 6.10 Å². The molecule has 1 aliphatic carbocycles. The van der Waals surface area contributed by atoms with Gasteiger partial charge in [-0.3, -0.25) is 0 Å². The van der Waals surface area contributed by atoms with Gasteiger partial charge >= 0.3 is 0 Å². The quantitative estimate of drug-likeness (QED) is 0.257. The van der Waals surface area contributed by atoms with E-state index in [0.29, 0.717) is 0 Å². The van der Waals surface area contributed by atoms with Crippen LogP contribution in [0.3, 0.4) is 0 Å². The molecule has 3 aromatic carbocycles. The van der Waals surface area contributed by atoms with Crippen molar-refractivity contribution in [2.45, 2.75) is 56.7 Å². The lowest BCUT2D eigenvalue weighted by Gasteiger charge is -2.38. The molecule has 1 aliphatic rings. The van der Waals surface area contributed by atoms with E-state index >= 15 is 0 Å². The van der Waals surface area contributed by atoms with Crippen LogP contribution in [0.25, 0.3) is 0 Å². The average molecular weight is 411 g/mol. The molecule has 1 saturated carbocycles. The van der Waals surface area contributed by atoms with Crippen LogP contribution >= 0.6 is 0 Å². The molecule has 1 heteroatoms. The SMILES string of the molecule is C=CC(CCC1CCCCC1)OC(c1ccccc1)(c1ccccc1)c1ccccc1. The van der Waals surface area contributed by atoms with Gasteiger partial charge in [-0.1, -0.05) is 129 Å². The van der Waals surface area contributed by atoms with Crippen molar-refractivity contribution in [3.8, 4) is 0 Å². The first kappa shape index (κ1) is 21.6. The minimum atomic E-state index is -0.671. The third kappa shape index (κ3) is 4.99. The summed E-state index contributed by atoms with van der Waals surface area (Å²) < 4.78 is 7.12. The van der Waals surface area contributed by atoms with Crippen molar-refractivity contribution in [2.24, 2.45) is 5.92 Å². The van der Waals surface area contributed by atoms with Crippen LogP contribution in [-0.2, 0) is 10.3 Å². The molecule has 4 rings (SSSR count). The van der Waals surface area contributed by atoms with Crippen molar-refractivity contribution in [3.05, 3.63) is 120 Å². The molecule has 0 bridgehead atoms. The topological polar surface area (TPSA) is 9.23 Å². The van der Waals surface area contributed by atoms with Gasteiger partial charge in [0, 0.05) is 0 Å². The first-order valence-electron chi connectivity index (χ1n) is 11.8. The maximum absolute atomic E-state index is 7.12. The Bertz CT molecular complexity index is 814. The van der Waals surface area contributed by atoms with Crippen molar-refractivity contribution in [2.75, 3.05) is 0 Å². The maximum Gasteiger partial charge on any atom is 0.144 e. The van der Waals surface area contributed by atoms with Gasteiger partial charge in [0.25, 0.3) is 0 Å². The van der Waals surface area contributed by atoms with Crippen molar-refractivity contribution >= 4 is 0 Å². The van der Waals surface area contributed by atoms with Gasteiger partial charge in [0.05, 0.1) is 6.10 Å². The predicted molar refractivity (Wildman–Crippen MR) is 130 cm³/mol. The van der Waals surface area contributed by atoms with E-state index in [0.717, 1.165) is 29.0 Å². The monoisotopic (exact) mass is 410 g/mol. The standard InChI is InChI=1S/C30H34O/c1-2-29(24-23-25-15-7-3-8-16-25)31-30(26-17-9-4-10-18-26,27-19-11-5-12-20-27)28-21-13-6-14-22-28/h2,4-6,9-14,17-22,25,29H,1,3,7-8,15-16,23-24H2. The Morgan fingerprint density at radius 2 is 1.19 bits per heavy atom. The van der Waals surface area contributed by atoms with Crippen LogP contribution < -0.4 is 0 Å². The Morgan fingerprint density at radius 3 is 1.61 bits per heavy atom. The first-order valence-corrected chi connectivity index (χ1v) is 11.8. The molecule has 0 N–H and O–H groups in total. The second-order valence-corrected chi connectivity index (χ2v) is 8.75. The number of ether oxygens (including phenoxy) is 1. The fraction of sp³-hybridized carbons (Fsp3) is 0.333. The highest BCUT2D eigenvalue weighted by Crippen LogP contribution is 2.42. The molecule has 0 saturated heterocycles. The number of rotatable bonds is 9.